The zero-order chi connectivity index (χ0) is 9.38. The Kier molecular flexibility index (Phi) is 1.76. The van der Waals surface area contributed by atoms with Crippen molar-refractivity contribution < 1.29 is 0 Å². The molecule has 1 aliphatic heterocycles. The van der Waals surface area contributed by atoms with E-state index in [1.165, 1.54) is 22.4 Å². The van der Waals surface area contributed by atoms with Gasteiger partial charge < -0.3 is 0 Å². The molecule has 1 aliphatic carbocycles. The Morgan fingerprint density at radius 3 is 3.00 bits per heavy atom. The number of hydrogen-bond donors (Lipinski definition) is 0. The van der Waals surface area contributed by atoms with E-state index in [9.17, 15) is 0 Å². The van der Waals surface area contributed by atoms with Crippen molar-refractivity contribution in [3.05, 3.63) is 41.5 Å². The summed E-state index contributed by atoms with van der Waals surface area (Å²) in [5.74, 6) is 0. The SMILES string of the molecule is C1=C2C(=NCC1)CCc1ccccc12. The quantitative estimate of drug-likeness (QED) is 0.586. The van der Waals surface area contributed by atoms with Crippen molar-refractivity contribution in [2.24, 2.45) is 4.99 Å². The molecule has 0 unspecified atom stereocenters. The number of aliphatic imine (C=N–C) groups is 1. The molecule has 1 aromatic rings. The fourth-order valence-corrected chi connectivity index (χ4v) is 2.34. The molecule has 0 spiro atoms. The molecule has 0 N–H and O–H groups in total. The molecule has 0 saturated carbocycles. The number of rotatable bonds is 0. The zero-order valence-corrected chi connectivity index (χ0v) is 8.16. The topological polar surface area (TPSA) is 12.4 Å². The third-order valence-electron chi connectivity index (χ3n) is 3.03. The van der Waals surface area contributed by atoms with Crippen LogP contribution in [0.15, 0.2) is 35.3 Å². The largest absolute Gasteiger partial charge is 0.289 e. The molecule has 0 radical (unpaired) electrons. The van der Waals surface area contributed by atoms with Gasteiger partial charge in [-0.1, -0.05) is 30.3 Å². The Morgan fingerprint density at radius 1 is 1.07 bits per heavy atom. The van der Waals surface area contributed by atoms with E-state index in [1.54, 1.807) is 0 Å². The Labute approximate surface area is 84.2 Å². The predicted molar refractivity (Wildman–Crippen MR) is 59.7 cm³/mol. The lowest BCUT2D eigenvalue weighted by Crippen LogP contribution is -2.15. The van der Waals surface area contributed by atoms with Gasteiger partial charge in [-0.15, -0.1) is 0 Å². The third-order valence-corrected chi connectivity index (χ3v) is 3.03. The first-order valence-corrected chi connectivity index (χ1v) is 5.27. The van der Waals surface area contributed by atoms with Crippen LogP contribution in [0, 0.1) is 0 Å². The van der Waals surface area contributed by atoms with E-state index >= 15 is 0 Å². The summed E-state index contributed by atoms with van der Waals surface area (Å²) in [5, 5.41) is 0. The van der Waals surface area contributed by atoms with Crippen LogP contribution in [0.5, 0.6) is 0 Å². The van der Waals surface area contributed by atoms with Gasteiger partial charge in [0.1, 0.15) is 0 Å². The van der Waals surface area contributed by atoms with Crippen LogP contribution in [0.1, 0.15) is 24.0 Å². The Hall–Kier alpha value is -1.37. The lowest BCUT2D eigenvalue weighted by molar-refractivity contribution is 0.942. The van der Waals surface area contributed by atoms with E-state index < -0.39 is 0 Å². The summed E-state index contributed by atoms with van der Waals surface area (Å²) in [6.07, 6.45) is 5.74. The van der Waals surface area contributed by atoms with Crippen molar-refractivity contribution >= 4 is 11.3 Å². The first kappa shape index (κ1) is 7.98. The maximum Gasteiger partial charge on any atom is 0.0427 e. The fourth-order valence-electron chi connectivity index (χ4n) is 2.34. The van der Waals surface area contributed by atoms with E-state index in [1.807, 2.05) is 0 Å². The summed E-state index contributed by atoms with van der Waals surface area (Å²) in [4.78, 5) is 4.60. The highest BCUT2D eigenvalue weighted by molar-refractivity contribution is 6.25. The summed E-state index contributed by atoms with van der Waals surface area (Å²) < 4.78 is 0. The van der Waals surface area contributed by atoms with Crippen molar-refractivity contribution in [2.75, 3.05) is 6.54 Å². The first-order chi connectivity index (χ1) is 6.95. The molecule has 0 saturated heterocycles. The number of hydrogen-bond acceptors (Lipinski definition) is 1. The maximum absolute atomic E-state index is 4.60. The fraction of sp³-hybridized carbons (Fsp3) is 0.308. The van der Waals surface area contributed by atoms with Crippen LogP contribution in [0.3, 0.4) is 0 Å². The minimum Gasteiger partial charge on any atom is -0.289 e. The molecule has 1 aromatic carbocycles. The molecule has 0 amide bonds. The van der Waals surface area contributed by atoms with Gasteiger partial charge in [0.25, 0.3) is 0 Å². The monoisotopic (exact) mass is 183 g/mol. The molecule has 0 aromatic heterocycles. The number of aryl methyl sites for hydroxylation is 1. The molecule has 14 heavy (non-hydrogen) atoms. The molecular weight excluding hydrogens is 170 g/mol. The van der Waals surface area contributed by atoms with Gasteiger partial charge in [0.15, 0.2) is 0 Å². The van der Waals surface area contributed by atoms with Crippen LogP contribution in [-0.2, 0) is 6.42 Å². The summed E-state index contributed by atoms with van der Waals surface area (Å²) in [5.41, 5.74) is 5.63. The van der Waals surface area contributed by atoms with Gasteiger partial charge in [0.05, 0.1) is 0 Å². The van der Waals surface area contributed by atoms with Crippen LogP contribution in [-0.4, -0.2) is 12.3 Å². The molecule has 0 bridgehead atoms. The maximum atomic E-state index is 4.60. The molecule has 0 fully saturated rings. The van der Waals surface area contributed by atoms with Crippen LogP contribution >= 0.6 is 0 Å². The smallest absolute Gasteiger partial charge is 0.0427 e. The lowest BCUT2D eigenvalue weighted by atomic mass is 9.84. The highest BCUT2D eigenvalue weighted by Gasteiger charge is 2.20. The van der Waals surface area contributed by atoms with Gasteiger partial charge >= 0.3 is 0 Å². The molecule has 70 valence electrons. The number of fused-ring (bicyclic) bond motifs is 3. The van der Waals surface area contributed by atoms with Gasteiger partial charge in [-0.05, 0) is 36.0 Å². The number of dihydropyridines is 1. The second kappa shape index (κ2) is 3.09. The van der Waals surface area contributed by atoms with Crippen LogP contribution < -0.4 is 0 Å². The molecule has 1 nitrogen and oxygen atoms in total. The van der Waals surface area contributed by atoms with Gasteiger partial charge in [-0.2, -0.15) is 0 Å². The highest BCUT2D eigenvalue weighted by atomic mass is 14.7. The van der Waals surface area contributed by atoms with Crippen molar-refractivity contribution in [3.63, 3.8) is 0 Å². The number of benzene rings is 1. The molecule has 0 atom stereocenters. The van der Waals surface area contributed by atoms with E-state index in [4.69, 9.17) is 0 Å². The minimum absolute atomic E-state index is 0.987. The summed E-state index contributed by atoms with van der Waals surface area (Å²) in [7, 11) is 0. The standard InChI is InChI=1S/C13H13N/c1-2-5-11-10(4-1)7-8-13-12(11)6-3-9-14-13/h1-2,4-6H,3,7-9H2. The number of nitrogens with zero attached hydrogens (tertiary/aromatic N) is 1. The van der Waals surface area contributed by atoms with E-state index in [2.05, 4.69) is 35.3 Å². The van der Waals surface area contributed by atoms with Crippen LogP contribution in [0.4, 0.5) is 0 Å². The Morgan fingerprint density at radius 2 is 2.00 bits per heavy atom. The van der Waals surface area contributed by atoms with Crippen molar-refractivity contribution in [1.29, 1.82) is 0 Å². The average Bonchev–Trinajstić information content (AvgIpc) is 2.29. The summed E-state index contributed by atoms with van der Waals surface area (Å²) in [6.45, 7) is 0.987. The highest BCUT2D eigenvalue weighted by Crippen LogP contribution is 2.30. The first-order valence-electron chi connectivity index (χ1n) is 5.27. The van der Waals surface area contributed by atoms with Gasteiger partial charge in [0, 0.05) is 12.3 Å². The van der Waals surface area contributed by atoms with Gasteiger partial charge in [0.2, 0.25) is 0 Å². The summed E-state index contributed by atoms with van der Waals surface area (Å²) in [6, 6.07) is 8.71. The lowest BCUT2D eigenvalue weighted by Gasteiger charge is -2.23. The van der Waals surface area contributed by atoms with Crippen molar-refractivity contribution in [2.45, 2.75) is 19.3 Å². The van der Waals surface area contributed by atoms with Crippen LogP contribution in [0.2, 0.25) is 0 Å². The Balaban J connectivity index is 2.17. The zero-order valence-electron chi connectivity index (χ0n) is 8.16. The van der Waals surface area contributed by atoms with Gasteiger partial charge in [-0.25, -0.2) is 0 Å². The van der Waals surface area contributed by atoms with Crippen LogP contribution in [0.25, 0.3) is 5.57 Å². The number of allylic oxidation sites excluding steroid dienone is 1. The van der Waals surface area contributed by atoms with Crippen molar-refractivity contribution in [3.8, 4) is 0 Å². The van der Waals surface area contributed by atoms with E-state index in [0.29, 0.717) is 0 Å². The second-order valence-electron chi connectivity index (χ2n) is 3.89. The normalized spacial score (nSPS) is 19.1. The second-order valence-corrected chi connectivity index (χ2v) is 3.89. The third kappa shape index (κ3) is 1.12. The molecule has 1 heteroatoms. The van der Waals surface area contributed by atoms with Gasteiger partial charge in [-0.3, -0.25) is 4.99 Å². The summed E-state index contributed by atoms with van der Waals surface area (Å²) >= 11 is 0. The van der Waals surface area contributed by atoms with E-state index in [-0.39, 0.29) is 0 Å². The molecule has 3 rings (SSSR count). The minimum atomic E-state index is 0.987. The molecule has 1 heterocycles. The van der Waals surface area contributed by atoms with Crippen molar-refractivity contribution in [1.82, 2.24) is 0 Å². The van der Waals surface area contributed by atoms with E-state index in [0.717, 1.165) is 25.8 Å². The Bertz CT molecular complexity index is 427. The molecular formula is C13H13N. The average molecular weight is 183 g/mol. The predicted octanol–water partition coefficient (Wildman–Crippen LogP) is 2.86. The molecule has 2 aliphatic rings.